The molecule has 2 aromatic heterocycles. The third-order valence-electron chi connectivity index (χ3n) is 7.61. The second-order valence-electron chi connectivity index (χ2n) is 10.9. The quantitative estimate of drug-likeness (QED) is 0.452. The number of carbonyl (C=O) groups excluding carboxylic acids is 1. The van der Waals surface area contributed by atoms with Crippen LogP contribution in [0.1, 0.15) is 48.3 Å². The van der Waals surface area contributed by atoms with E-state index in [1.165, 1.54) is 12.1 Å². The second kappa shape index (κ2) is 11.3. The fraction of sp³-hybridized carbons (Fsp3) is 0.519. The number of amides is 1. The molecule has 12 nitrogen and oxygen atoms in total. The van der Waals surface area contributed by atoms with Gasteiger partial charge < -0.3 is 14.5 Å². The summed E-state index contributed by atoms with van der Waals surface area (Å²) in [6.45, 7) is 6.75. The minimum Gasteiger partial charge on any atom is -0.378 e. The largest absolute Gasteiger partial charge is 0.378 e. The molecule has 0 radical (unpaired) electrons. The van der Waals surface area contributed by atoms with Crippen molar-refractivity contribution >= 4 is 50.5 Å². The number of sulfonamides is 1. The van der Waals surface area contributed by atoms with Crippen LogP contribution < -0.4 is 14.7 Å². The van der Waals surface area contributed by atoms with Crippen LogP contribution in [-0.4, -0.2) is 86.1 Å². The smallest absolute Gasteiger partial charge is 0.256 e. The number of halogens is 1. The number of carbonyl (C=O) groups is 1. The van der Waals surface area contributed by atoms with Gasteiger partial charge in [-0.2, -0.15) is 9.61 Å². The van der Waals surface area contributed by atoms with Crippen LogP contribution in [0.2, 0.25) is 5.02 Å². The normalized spacial score (nSPS) is 22.0. The van der Waals surface area contributed by atoms with Crippen LogP contribution in [0, 0.1) is 5.92 Å². The molecular weight excluding hydrogens is 570 g/mol. The van der Waals surface area contributed by atoms with Crippen LogP contribution in [0.5, 0.6) is 0 Å². The molecule has 3 aliphatic rings. The number of benzene rings is 1. The molecule has 1 N–H and O–H groups in total. The van der Waals surface area contributed by atoms with Gasteiger partial charge in [-0.15, -0.1) is 0 Å². The number of hydroxylamine groups is 1. The molecule has 6 rings (SSSR count). The number of nitrogens with zero attached hydrogens (tertiary/aromatic N) is 6. The number of hydrogen-bond acceptors (Lipinski definition) is 9. The molecule has 3 fully saturated rings. The fourth-order valence-electron chi connectivity index (χ4n) is 5.66. The molecule has 0 unspecified atom stereocenters. The first kappa shape index (κ1) is 28.0. The Hall–Kier alpha value is -3.13. The fourth-order valence-corrected chi connectivity index (χ4v) is 6.41. The molecule has 0 saturated carbocycles. The molecule has 220 valence electrons. The van der Waals surface area contributed by atoms with Crippen molar-refractivity contribution in [1.29, 1.82) is 0 Å². The van der Waals surface area contributed by atoms with Crippen LogP contribution in [0.25, 0.3) is 5.65 Å². The van der Waals surface area contributed by atoms with Gasteiger partial charge in [-0.25, -0.2) is 18.5 Å². The number of ether oxygens (including phenoxy) is 1. The standard InChI is InChI=1S/C27H34ClN7O5S/c1-18-16-34(40-17-18)24-15-26(32-9-11-39-12-10-32)35-25(29-24)14-22(30-35)23-5-3-4-8-33(23)27(36)20-13-19(28)6-7-21(20)31-41(2,37)38/h6-7,13-15,18,23,31H,3-5,8-12,16-17H2,1-2H3/t18-,23-/m0/s1. The molecule has 2 atom stereocenters. The van der Waals surface area contributed by atoms with Crippen molar-refractivity contribution in [3.8, 4) is 0 Å². The first-order valence-corrected chi connectivity index (χ1v) is 16.2. The van der Waals surface area contributed by atoms with Crippen LogP contribution >= 0.6 is 11.6 Å². The second-order valence-corrected chi connectivity index (χ2v) is 13.1. The lowest BCUT2D eigenvalue weighted by Gasteiger charge is -2.35. The molecule has 3 saturated heterocycles. The number of morpholine rings is 1. The first-order chi connectivity index (χ1) is 19.7. The number of hydrogen-bond donors (Lipinski definition) is 1. The van der Waals surface area contributed by atoms with Gasteiger partial charge in [-0.05, 0) is 37.5 Å². The third-order valence-corrected chi connectivity index (χ3v) is 8.44. The number of anilines is 3. The van der Waals surface area contributed by atoms with Crippen molar-refractivity contribution in [2.24, 2.45) is 5.92 Å². The predicted molar refractivity (Wildman–Crippen MR) is 156 cm³/mol. The van der Waals surface area contributed by atoms with Crippen molar-refractivity contribution in [3.05, 3.63) is 46.6 Å². The summed E-state index contributed by atoms with van der Waals surface area (Å²) in [6, 6.07) is 8.22. The minimum absolute atomic E-state index is 0.196. The van der Waals surface area contributed by atoms with Gasteiger partial charge in [0.25, 0.3) is 5.91 Å². The number of nitrogens with one attached hydrogen (secondary N) is 1. The average molecular weight is 604 g/mol. The summed E-state index contributed by atoms with van der Waals surface area (Å²) in [5, 5.41) is 7.19. The molecule has 0 bridgehead atoms. The van der Waals surface area contributed by atoms with E-state index < -0.39 is 10.0 Å². The van der Waals surface area contributed by atoms with Crippen LogP contribution in [0.4, 0.5) is 17.3 Å². The Bertz CT molecular complexity index is 1560. The maximum atomic E-state index is 14.0. The highest BCUT2D eigenvalue weighted by molar-refractivity contribution is 7.92. The topological polar surface area (TPSA) is 122 Å². The highest BCUT2D eigenvalue weighted by atomic mass is 35.5. The van der Waals surface area contributed by atoms with E-state index in [1.807, 2.05) is 21.7 Å². The van der Waals surface area contributed by atoms with Gasteiger partial charge in [-0.3, -0.25) is 14.4 Å². The van der Waals surface area contributed by atoms with E-state index in [9.17, 15) is 13.2 Å². The van der Waals surface area contributed by atoms with E-state index in [0.717, 1.165) is 62.5 Å². The Labute approximate surface area is 244 Å². The van der Waals surface area contributed by atoms with Crippen molar-refractivity contribution < 1.29 is 22.8 Å². The maximum absolute atomic E-state index is 14.0. The summed E-state index contributed by atoms with van der Waals surface area (Å²) >= 11 is 6.25. The summed E-state index contributed by atoms with van der Waals surface area (Å²) in [4.78, 5) is 28.8. The molecule has 3 aliphatic heterocycles. The van der Waals surface area contributed by atoms with E-state index in [2.05, 4.69) is 16.5 Å². The molecule has 0 spiro atoms. The zero-order valence-electron chi connectivity index (χ0n) is 23.1. The average Bonchev–Trinajstić information content (AvgIpc) is 3.59. The number of aromatic nitrogens is 3. The van der Waals surface area contributed by atoms with Gasteiger partial charge >= 0.3 is 0 Å². The summed E-state index contributed by atoms with van der Waals surface area (Å²) in [6.07, 6.45) is 3.53. The number of likely N-dealkylation sites (tertiary alicyclic amines) is 1. The van der Waals surface area contributed by atoms with Crippen LogP contribution in [0.15, 0.2) is 30.3 Å². The lowest BCUT2D eigenvalue weighted by Crippen LogP contribution is -2.39. The Balaban J connectivity index is 1.39. The summed E-state index contributed by atoms with van der Waals surface area (Å²) < 4.78 is 33.9. The molecule has 1 amide bonds. The molecule has 5 heterocycles. The van der Waals surface area contributed by atoms with E-state index >= 15 is 0 Å². The van der Waals surface area contributed by atoms with Gasteiger partial charge in [0, 0.05) is 42.7 Å². The van der Waals surface area contributed by atoms with Crippen molar-refractivity contribution in [1.82, 2.24) is 19.5 Å². The van der Waals surface area contributed by atoms with Gasteiger partial charge in [-0.1, -0.05) is 18.5 Å². The zero-order chi connectivity index (χ0) is 28.7. The highest BCUT2D eigenvalue weighted by Crippen LogP contribution is 2.35. The van der Waals surface area contributed by atoms with Crippen molar-refractivity contribution in [3.63, 3.8) is 0 Å². The van der Waals surface area contributed by atoms with Gasteiger partial charge in [0.1, 0.15) is 5.82 Å². The highest BCUT2D eigenvalue weighted by Gasteiger charge is 2.33. The van der Waals surface area contributed by atoms with Crippen LogP contribution in [0.3, 0.4) is 0 Å². The number of fused-ring (bicyclic) bond motifs is 1. The minimum atomic E-state index is -3.61. The Morgan fingerprint density at radius 3 is 2.66 bits per heavy atom. The summed E-state index contributed by atoms with van der Waals surface area (Å²) in [5.41, 5.74) is 1.80. The third kappa shape index (κ3) is 5.94. The molecule has 14 heteroatoms. The Morgan fingerprint density at radius 1 is 1.12 bits per heavy atom. The first-order valence-electron chi connectivity index (χ1n) is 13.9. The van der Waals surface area contributed by atoms with E-state index in [1.54, 1.807) is 11.0 Å². The number of piperidine rings is 1. The van der Waals surface area contributed by atoms with E-state index in [-0.39, 0.29) is 23.2 Å². The molecule has 41 heavy (non-hydrogen) atoms. The van der Waals surface area contributed by atoms with Gasteiger partial charge in [0.15, 0.2) is 11.5 Å². The zero-order valence-corrected chi connectivity index (χ0v) is 24.7. The molecular formula is C27H34ClN7O5S. The lowest BCUT2D eigenvalue weighted by atomic mass is 9.98. The molecule has 3 aromatic rings. The van der Waals surface area contributed by atoms with Gasteiger partial charge in [0.05, 0.1) is 55.6 Å². The molecule has 1 aromatic carbocycles. The molecule has 0 aliphatic carbocycles. The van der Waals surface area contributed by atoms with Crippen molar-refractivity contribution in [2.45, 2.75) is 32.2 Å². The van der Waals surface area contributed by atoms with E-state index in [4.69, 9.17) is 31.3 Å². The maximum Gasteiger partial charge on any atom is 0.256 e. The van der Waals surface area contributed by atoms with Gasteiger partial charge in [0.2, 0.25) is 10.0 Å². The SMILES string of the molecule is C[C@@H]1CON(c2cc(N3CCOCC3)n3nc([C@@H]4CCCCN4C(=O)c4cc(Cl)ccc4NS(C)(=O)=O)cc3n2)C1. The van der Waals surface area contributed by atoms with E-state index in [0.29, 0.717) is 43.0 Å². The Kier molecular flexibility index (Phi) is 7.70. The summed E-state index contributed by atoms with van der Waals surface area (Å²) in [5.74, 6) is 1.71. The summed E-state index contributed by atoms with van der Waals surface area (Å²) in [7, 11) is -3.61. The van der Waals surface area contributed by atoms with Crippen molar-refractivity contribution in [2.75, 3.05) is 66.9 Å². The number of rotatable bonds is 6. The predicted octanol–water partition coefficient (Wildman–Crippen LogP) is 3.35. The monoisotopic (exact) mass is 603 g/mol. The lowest BCUT2D eigenvalue weighted by molar-refractivity contribution is 0.0607. The Morgan fingerprint density at radius 2 is 1.93 bits per heavy atom. The van der Waals surface area contributed by atoms with Crippen LogP contribution in [-0.2, 0) is 19.6 Å².